The number of aryl methyl sites for hydroxylation is 1. The topological polar surface area (TPSA) is 46.2 Å². The van der Waals surface area contributed by atoms with Gasteiger partial charge in [0.1, 0.15) is 5.83 Å². The summed E-state index contributed by atoms with van der Waals surface area (Å²) in [6.07, 6.45) is 0.852. The molecule has 0 saturated carbocycles. The van der Waals surface area contributed by atoms with Gasteiger partial charge in [0.05, 0.1) is 4.90 Å². The predicted octanol–water partition coefficient (Wildman–Crippen LogP) is 3.24. The van der Waals surface area contributed by atoms with Crippen molar-refractivity contribution in [1.29, 1.82) is 0 Å². The average Bonchev–Trinajstić information content (AvgIpc) is 2.46. The van der Waals surface area contributed by atoms with Crippen molar-refractivity contribution in [3.8, 4) is 0 Å². The zero-order chi connectivity index (χ0) is 14.6. The lowest BCUT2D eigenvalue weighted by molar-refractivity contribution is 0.590. The third-order valence-electron chi connectivity index (χ3n) is 2.72. The van der Waals surface area contributed by atoms with E-state index < -0.39 is 15.9 Å². The molecule has 2 aromatic rings. The van der Waals surface area contributed by atoms with Gasteiger partial charge in [-0.1, -0.05) is 48.0 Å². The van der Waals surface area contributed by atoms with Crippen LogP contribution in [0.1, 0.15) is 11.1 Å². The van der Waals surface area contributed by atoms with E-state index >= 15 is 0 Å². The van der Waals surface area contributed by atoms with Crippen LogP contribution in [0.2, 0.25) is 0 Å². The monoisotopic (exact) mass is 291 g/mol. The second kappa shape index (κ2) is 5.88. The zero-order valence-corrected chi connectivity index (χ0v) is 11.7. The van der Waals surface area contributed by atoms with Crippen molar-refractivity contribution in [2.75, 3.05) is 0 Å². The smallest absolute Gasteiger partial charge is 0.261 e. The fourth-order valence-electron chi connectivity index (χ4n) is 1.60. The largest absolute Gasteiger partial charge is 0.283 e. The van der Waals surface area contributed by atoms with Gasteiger partial charge in [-0.2, -0.15) is 0 Å². The molecule has 104 valence electrons. The minimum absolute atomic E-state index is 0.0974. The maximum absolute atomic E-state index is 13.8. The lowest BCUT2D eigenvalue weighted by Gasteiger charge is -2.05. The number of hydrogen-bond acceptors (Lipinski definition) is 2. The van der Waals surface area contributed by atoms with Crippen LogP contribution >= 0.6 is 0 Å². The molecule has 2 rings (SSSR count). The third kappa shape index (κ3) is 3.45. The summed E-state index contributed by atoms with van der Waals surface area (Å²) in [5.41, 5.74) is 1.27. The number of rotatable bonds is 4. The van der Waals surface area contributed by atoms with Crippen LogP contribution in [0, 0.1) is 6.92 Å². The highest BCUT2D eigenvalue weighted by molar-refractivity contribution is 7.89. The van der Waals surface area contributed by atoms with Gasteiger partial charge in [-0.15, -0.1) is 0 Å². The molecule has 3 nitrogen and oxygen atoms in total. The van der Waals surface area contributed by atoms with E-state index in [0.29, 0.717) is 5.56 Å². The van der Waals surface area contributed by atoms with Crippen LogP contribution in [0.5, 0.6) is 0 Å². The van der Waals surface area contributed by atoms with E-state index in [1.165, 1.54) is 12.1 Å². The van der Waals surface area contributed by atoms with Gasteiger partial charge < -0.3 is 0 Å². The second-order valence-electron chi connectivity index (χ2n) is 4.29. The number of hydrogen-bond donors (Lipinski definition) is 1. The molecule has 5 heteroatoms. The molecular weight excluding hydrogens is 277 g/mol. The second-order valence-corrected chi connectivity index (χ2v) is 6.01. The molecule has 0 aliphatic heterocycles. The van der Waals surface area contributed by atoms with Crippen molar-refractivity contribution < 1.29 is 12.8 Å². The molecule has 0 fully saturated rings. The van der Waals surface area contributed by atoms with E-state index in [1.54, 1.807) is 42.5 Å². The van der Waals surface area contributed by atoms with Crippen LogP contribution in [-0.4, -0.2) is 8.42 Å². The van der Waals surface area contributed by atoms with Crippen LogP contribution < -0.4 is 4.72 Å². The van der Waals surface area contributed by atoms with Gasteiger partial charge in [0.15, 0.2) is 0 Å². The van der Waals surface area contributed by atoms with Crippen LogP contribution in [-0.2, 0) is 10.0 Å². The molecule has 1 N–H and O–H groups in total. The summed E-state index contributed by atoms with van der Waals surface area (Å²) in [6, 6.07) is 14.6. The molecule has 0 spiro atoms. The Balaban J connectivity index is 2.19. The molecule has 0 radical (unpaired) electrons. The van der Waals surface area contributed by atoms with Gasteiger partial charge in [0, 0.05) is 11.8 Å². The van der Waals surface area contributed by atoms with Crippen molar-refractivity contribution in [3.05, 3.63) is 71.9 Å². The van der Waals surface area contributed by atoms with Crippen molar-refractivity contribution in [2.24, 2.45) is 0 Å². The lowest BCUT2D eigenvalue weighted by Crippen LogP contribution is -2.18. The highest BCUT2D eigenvalue weighted by atomic mass is 32.2. The first-order chi connectivity index (χ1) is 9.49. The third-order valence-corrected chi connectivity index (χ3v) is 4.04. The van der Waals surface area contributed by atoms with Gasteiger partial charge in [-0.05, 0) is 19.1 Å². The highest BCUT2D eigenvalue weighted by Gasteiger charge is 2.12. The number of halogens is 1. The van der Waals surface area contributed by atoms with Gasteiger partial charge in [0.2, 0.25) is 0 Å². The number of sulfonamides is 1. The van der Waals surface area contributed by atoms with Crippen molar-refractivity contribution in [3.63, 3.8) is 0 Å². The summed E-state index contributed by atoms with van der Waals surface area (Å²) in [5, 5.41) is 0. The van der Waals surface area contributed by atoms with Crippen molar-refractivity contribution in [2.45, 2.75) is 11.8 Å². The standard InChI is InChI=1S/C15H14FNO2S/c1-12-7-9-14(10-8-12)20(18,19)17-11-15(16)13-5-3-2-4-6-13/h2-11,17H,1H3/b15-11+. The van der Waals surface area contributed by atoms with E-state index in [9.17, 15) is 12.8 Å². The van der Waals surface area contributed by atoms with Gasteiger partial charge in [-0.25, -0.2) is 12.8 Å². The Bertz CT molecular complexity index is 707. The minimum atomic E-state index is -3.75. The first kappa shape index (κ1) is 14.3. The predicted molar refractivity (Wildman–Crippen MR) is 77.0 cm³/mol. The maximum atomic E-state index is 13.8. The molecule has 2 aromatic carbocycles. The Morgan fingerprint density at radius 2 is 1.65 bits per heavy atom. The Hall–Kier alpha value is -2.14. The van der Waals surface area contributed by atoms with E-state index in [0.717, 1.165) is 11.8 Å². The van der Waals surface area contributed by atoms with Gasteiger partial charge >= 0.3 is 0 Å². The normalized spacial score (nSPS) is 12.2. The fraction of sp³-hybridized carbons (Fsp3) is 0.0667. The van der Waals surface area contributed by atoms with Crippen LogP contribution in [0.25, 0.3) is 5.83 Å². The molecule has 0 atom stereocenters. The van der Waals surface area contributed by atoms with Crippen LogP contribution in [0.3, 0.4) is 0 Å². The van der Waals surface area contributed by atoms with E-state index in [4.69, 9.17) is 0 Å². The van der Waals surface area contributed by atoms with Gasteiger partial charge in [0.25, 0.3) is 10.0 Å². The maximum Gasteiger partial charge on any atom is 0.261 e. The highest BCUT2D eigenvalue weighted by Crippen LogP contribution is 2.15. The zero-order valence-electron chi connectivity index (χ0n) is 10.9. The first-order valence-corrected chi connectivity index (χ1v) is 7.47. The lowest BCUT2D eigenvalue weighted by atomic mass is 10.2. The van der Waals surface area contributed by atoms with Gasteiger partial charge in [-0.3, -0.25) is 4.72 Å². The number of benzene rings is 2. The van der Waals surface area contributed by atoms with Crippen molar-refractivity contribution in [1.82, 2.24) is 4.72 Å². The summed E-state index contributed by atoms with van der Waals surface area (Å²) in [7, 11) is -3.75. The average molecular weight is 291 g/mol. The SMILES string of the molecule is Cc1ccc(S(=O)(=O)N/C=C(/F)c2ccccc2)cc1. The summed E-state index contributed by atoms with van der Waals surface area (Å²) in [4.78, 5) is 0.0974. The summed E-state index contributed by atoms with van der Waals surface area (Å²) < 4.78 is 39.8. The van der Waals surface area contributed by atoms with Crippen LogP contribution in [0.4, 0.5) is 4.39 Å². The Labute approximate surface area is 117 Å². The molecular formula is C15H14FNO2S. The molecule has 0 aliphatic carbocycles. The fourth-order valence-corrected chi connectivity index (χ4v) is 2.48. The summed E-state index contributed by atoms with van der Waals surface area (Å²) in [6.45, 7) is 1.86. The molecule has 0 aliphatic rings. The molecule has 0 aromatic heterocycles. The minimum Gasteiger partial charge on any atom is -0.283 e. The number of nitrogens with one attached hydrogen (secondary N) is 1. The molecule has 20 heavy (non-hydrogen) atoms. The van der Waals surface area contributed by atoms with E-state index in [-0.39, 0.29) is 4.90 Å². The van der Waals surface area contributed by atoms with E-state index in [1.807, 2.05) is 6.92 Å². The quantitative estimate of drug-likeness (QED) is 0.940. The summed E-state index contributed by atoms with van der Waals surface area (Å²) in [5.74, 6) is -0.638. The Morgan fingerprint density at radius 3 is 2.25 bits per heavy atom. The molecule has 0 unspecified atom stereocenters. The first-order valence-electron chi connectivity index (χ1n) is 5.99. The molecule has 0 amide bonds. The van der Waals surface area contributed by atoms with E-state index in [2.05, 4.69) is 4.72 Å². The molecule has 0 heterocycles. The Morgan fingerprint density at radius 1 is 1.05 bits per heavy atom. The Kier molecular flexibility index (Phi) is 4.20. The van der Waals surface area contributed by atoms with Crippen LogP contribution in [0.15, 0.2) is 65.7 Å². The molecule has 0 bridgehead atoms. The summed E-state index contributed by atoms with van der Waals surface area (Å²) >= 11 is 0. The van der Waals surface area contributed by atoms with Crippen molar-refractivity contribution >= 4 is 15.9 Å². The molecule has 0 saturated heterocycles.